The maximum Gasteiger partial charge on any atom is 0.250 e. The van der Waals surface area contributed by atoms with E-state index >= 15 is 0 Å². The Morgan fingerprint density at radius 2 is 2.22 bits per heavy atom. The largest absolute Gasteiger partial charge is 0.381 e. The van der Waals surface area contributed by atoms with Gasteiger partial charge in [0.05, 0.1) is 10.6 Å². The summed E-state index contributed by atoms with van der Waals surface area (Å²) in [5.41, 5.74) is 7.38. The van der Waals surface area contributed by atoms with Crippen molar-refractivity contribution in [3.05, 3.63) is 58.9 Å². The third kappa shape index (κ3) is 2.99. The molecule has 0 unspecified atom stereocenters. The number of hydrogen-bond acceptors (Lipinski definition) is 3. The van der Waals surface area contributed by atoms with E-state index in [0.717, 1.165) is 11.3 Å². The molecule has 2 aromatic rings. The number of aromatic nitrogens is 1. The maximum absolute atomic E-state index is 11.1. The molecular weight excluding hydrogens is 250 g/mol. The average Bonchev–Trinajstić information content (AvgIpc) is 2.38. The van der Waals surface area contributed by atoms with Crippen LogP contribution in [0.15, 0.2) is 42.7 Å². The average molecular weight is 262 g/mol. The number of anilines is 1. The van der Waals surface area contributed by atoms with Crippen LogP contribution in [-0.2, 0) is 6.54 Å². The van der Waals surface area contributed by atoms with E-state index in [9.17, 15) is 4.79 Å². The van der Waals surface area contributed by atoms with Gasteiger partial charge in [0.15, 0.2) is 0 Å². The standard InChI is InChI=1S/C13H12ClN3O/c14-12-4-3-10(6-11(12)13(15)18)17-8-9-2-1-5-16-7-9/h1-7,17H,8H2,(H2,15,18). The number of hydrogen-bond donors (Lipinski definition) is 2. The molecule has 0 spiro atoms. The van der Waals surface area contributed by atoms with Gasteiger partial charge in [-0.2, -0.15) is 0 Å². The minimum atomic E-state index is -0.537. The monoisotopic (exact) mass is 261 g/mol. The number of halogens is 1. The highest BCUT2D eigenvalue weighted by Gasteiger charge is 2.07. The van der Waals surface area contributed by atoms with E-state index in [-0.39, 0.29) is 0 Å². The second-order valence-corrected chi connectivity index (χ2v) is 4.18. The van der Waals surface area contributed by atoms with Gasteiger partial charge in [-0.15, -0.1) is 0 Å². The number of rotatable bonds is 4. The summed E-state index contributed by atoms with van der Waals surface area (Å²) in [6, 6.07) is 8.91. The molecule has 0 fully saturated rings. The zero-order valence-corrected chi connectivity index (χ0v) is 10.3. The number of benzene rings is 1. The van der Waals surface area contributed by atoms with Crippen LogP contribution in [0.5, 0.6) is 0 Å². The van der Waals surface area contributed by atoms with Crippen LogP contribution in [0.1, 0.15) is 15.9 Å². The summed E-state index contributed by atoms with van der Waals surface area (Å²) in [6.07, 6.45) is 3.49. The van der Waals surface area contributed by atoms with Crippen molar-refractivity contribution in [3.8, 4) is 0 Å². The van der Waals surface area contributed by atoms with Gasteiger partial charge in [-0.25, -0.2) is 0 Å². The van der Waals surface area contributed by atoms with E-state index in [2.05, 4.69) is 10.3 Å². The number of nitrogens with zero attached hydrogens (tertiary/aromatic N) is 1. The Hall–Kier alpha value is -2.07. The number of pyridine rings is 1. The first-order valence-electron chi connectivity index (χ1n) is 5.39. The zero-order valence-electron chi connectivity index (χ0n) is 9.56. The van der Waals surface area contributed by atoms with Gasteiger partial charge in [0, 0.05) is 24.6 Å². The Balaban J connectivity index is 2.11. The molecule has 3 N–H and O–H groups in total. The molecule has 2 rings (SSSR count). The summed E-state index contributed by atoms with van der Waals surface area (Å²) in [6.45, 7) is 0.619. The van der Waals surface area contributed by atoms with Crippen molar-refractivity contribution >= 4 is 23.2 Å². The highest BCUT2D eigenvalue weighted by Crippen LogP contribution is 2.20. The van der Waals surface area contributed by atoms with Crippen LogP contribution < -0.4 is 11.1 Å². The summed E-state index contributed by atoms with van der Waals surface area (Å²) >= 11 is 5.87. The van der Waals surface area contributed by atoms with Gasteiger partial charge in [0.25, 0.3) is 0 Å². The van der Waals surface area contributed by atoms with Crippen LogP contribution in [0.25, 0.3) is 0 Å². The first-order chi connectivity index (χ1) is 8.66. The molecule has 92 valence electrons. The Kier molecular flexibility index (Phi) is 3.79. The lowest BCUT2D eigenvalue weighted by molar-refractivity contribution is 0.100. The number of carbonyl (C=O) groups is 1. The van der Waals surface area contributed by atoms with Crippen LogP contribution in [0.2, 0.25) is 5.02 Å². The van der Waals surface area contributed by atoms with E-state index in [1.54, 1.807) is 30.6 Å². The summed E-state index contributed by atoms with van der Waals surface area (Å²) < 4.78 is 0. The second-order valence-electron chi connectivity index (χ2n) is 3.77. The molecule has 0 radical (unpaired) electrons. The Labute approximate surface area is 110 Å². The quantitative estimate of drug-likeness (QED) is 0.888. The SMILES string of the molecule is NC(=O)c1cc(NCc2cccnc2)ccc1Cl. The van der Waals surface area contributed by atoms with Gasteiger partial charge in [-0.05, 0) is 29.8 Å². The molecular formula is C13H12ClN3O. The minimum Gasteiger partial charge on any atom is -0.381 e. The highest BCUT2D eigenvalue weighted by atomic mass is 35.5. The molecule has 0 bridgehead atoms. The molecule has 1 heterocycles. The van der Waals surface area contributed by atoms with Crippen molar-refractivity contribution in [2.45, 2.75) is 6.54 Å². The van der Waals surface area contributed by atoms with Crippen molar-refractivity contribution in [1.82, 2.24) is 4.98 Å². The molecule has 5 heteroatoms. The Morgan fingerprint density at radius 1 is 1.39 bits per heavy atom. The molecule has 0 aliphatic carbocycles. The first kappa shape index (κ1) is 12.4. The predicted octanol–water partition coefficient (Wildman–Crippen LogP) is 2.45. The molecule has 4 nitrogen and oxygen atoms in total. The van der Waals surface area contributed by atoms with Crippen LogP contribution in [0.4, 0.5) is 5.69 Å². The predicted molar refractivity (Wildman–Crippen MR) is 71.5 cm³/mol. The van der Waals surface area contributed by atoms with Gasteiger partial charge >= 0.3 is 0 Å². The lowest BCUT2D eigenvalue weighted by Gasteiger charge is -2.08. The Morgan fingerprint density at radius 3 is 2.89 bits per heavy atom. The van der Waals surface area contributed by atoms with Crippen molar-refractivity contribution in [2.24, 2.45) is 5.73 Å². The normalized spacial score (nSPS) is 10.1. The van der Waals surface area contributed by atoms with Gasteiger partial charge in [-0.1, -0.05) is 17.7 Å². The highest BCUT2D eigenvalue weighted by molar-refractivity contribution is 6.33. The van der Waals surface area contributed by atoms with Gasteiger partial charge in [-0.3, -0.25) is 9.78 Å². The summed E-state index contributed by atoms with van der Waals surface area (Å²) in [5.74, 6) is -0.537. The molecule has 0 aliphatic heterocycles. The molecule has 1 amide bonds. The van der Waals surface area contributed by atoms with Crippen molar-refractivity contribution in [2.75, 3.05) is 5.32 Å². The fourth-order valence-corrected chi connectivity index (χ4v) is 1.74. The van der Waals surface area contributed by atoms with Gasteiger partial charge in [0.2, 0.25) is 5.91 Å². The lowest BCUT2D eigenvalue weighted by atomic mass is 10.2. The van der Waals surface area contributed by atoms with E-state index in [4.69, 9.17) is 17.3 Å². The fourth-order valence-electron chi connectivity index (χ4n) is 1.53. The van der Waals surface area contributed by atoms with E-state index in [1.807, 2.05) is 12.1 Å². The minimum absolute atomic E-state index is 0.313. The molecule has 1 aromatic heterocycles. The lowest BCUT2D eigenvalue weighted by Crippen LogP contribution is -2.12. The van der Waals surface area contributed by atoms with E-state index in [1.165, 1.54) is 0 Å². The molecule has 0 saturated carbocycles. The van der Waals surface area contributed by atoms with Crippen LogP contribution in [-0.4, -0.2) is 10.9 Å². The van der Waals surface area contributed by atoms with Gasteiger partial charge in [0.1, 0.15) is 0 Å². The third-order valence-corrected chi connectivity index (χ3v) is 2.78. The van der Waals surface area contributed by atoms with Crippen molar-refractivity contribution < 1.29 is 4.79 Å². The maximum atomic E-state index is 11.1. The smallest absolute Gasteiger partial charge is 0.250 e. The van der Waals surface area contributed by atoms with Gasteiger partial charge < -0.3 is 11.1 Å². The Bertz CT molecular complexity index is 557. The van der Waals surface area contributed by atoms with E-state index < -0.39 is 5.91 Å². The first-order valence-corrected chi connectivity index (χ1v) is 5.77. The second kappa shape index (κ2) is 5.51. The third-order valence-electron chi connectivity index (χ3n) is 2.45. The molecule has 18 heavy (non-hydrogen) atoms. The van der Waals surface area contributed by atoms with Crippen molar-refractivity contribution in [3.63, 3.8) is 0 Å². The van der Waals surface area contributed by atoms with Crippen LogP contribution in [0.3, 0.4) is 0 Å². The number of carbonyl (C=O) groups excluding carboxylic acids is 1. The molecule has 1 aromatic carbocycles. The van der Waals surface area contributed by atoms with E-state index in [0.29, 0.717) is 17.1 Å². The molecule has 0 aliphatic rings. The number of nitrogens with one attached hydrogen (secondary N) is 1. The zero-order chi connectivity index (χ0) is 13.0. The summed E-state index contributed by atoms with van der Waals surface area (Å²) in [7, 11) is 0. The summed E-state index contributed by atoms with van der Waals surface area (Å²) in [4.78, 5) is 15.2. The number of nitrogens with two attached hydrogens (primary N) is 1. The topological polar surface area (TPSA) is 68.0 Å². The van der Waals surface area contributed by atoms with Crippen LogP contribution in [0, 0.1) is 0 Å². The summed E-state index contributed by atoms with van der Waals surface area (Å²) in [5, 5.41) is 3.53. The molecule has 0 atom stereocenters. The van der Waals surface area contributed by atoms with Crippen LogP contribution >= 0.6 is 11.6 Å². The number of primary amides is 1. The number of amides is 1. The van der Waals surface area contributed by atoms with Crippen molar-refractivity contribution in [1.29, 1.82) is 0 Å². The fraction of sp³-hybridized carbons (Fsp3) is 0.0769. The molecule has 0 saturated heterocycles.